The summed E-state index contributed by atoms with van der Waals surface area (Å²) < 4.78 is 39.3. The van der Waals surface area contributed by atoms with Crippen LogP contribution in [0.2, 0.25) is 5.02 Å². The molecule has 7 heteroatoms. The third-order valence-corrected chi connectivity index (χ3v) is 6.55. The molecular weight excluding hydrogens is 451 g/mol. The maximum Gasteiger partial charge on any atom is 0.416 e. The summed E-state index contributed by atoms with van der Waals surface area (Å²) >= 11 is 6.28. The first kappa shape index (κ1) is 25.3. The molecule has 3 atom stereocenters. The van der Waals surface area contributed by atoms with Crippen molar-refractivity contribution in [3.05, 3.63) is 82.4 Å². The Labute approximate surface area is 197 Å². The Balaban J connectivity index is 1.98. The summed E-state index contributed by atoms with van der Waals surface area (Å²) in [7, 11) is 0. The van der Waals surface area contributed by atoms with E-state index in [1.165, 1.54) is 12.1 Å². The molecule has 1 saturated heterocycles. The Morgan fingerprint density at radius 3 is 2.52 bits per heavy atom. The topological polar surface area (TPSA) is 40.5 Å². The predicted octanol–water partition coefficient (Wildman–Crippen LogP) is 7.68. The number of hydrogen-bond acceptors (Lipinski definition) is 2. The van der Waals surface area contributed by atoms with E-state index in [1.807, 2.05) is 31.2 Å². The largest absolute Gasteiger partial charge is 0.481 e. The minimum atomic E-state index is -4.40. The Kier molecular flexibility index (Phi) is 8.24. The van der Waals surface area contributed by atoms with Crippen LogP contribution < -0.4 is 0 Å². The van der Waals surface area contributed by atoms with Crippen LogP contribution in [0.5, 0.6) is 0 Å². The molecule has 0 spiro atoms. The molecule has 1 N–H and O–H groups in total. The van der Waals surface area contributed by atoms with Crippen molar-refractivity contribution in [3.8, 4) is 0 Å². The highest BCUT2D eigenvalue weighted by atomic mass is 35.5. The van der Waals surface area contributed by atoms with E-state index in [-0.39, 0.29) is 24.4 Å². The first-order valence-electron chi connectivity index (χ1n) is 11.1. The number of nitrogens with zero attached hydrogens (tertiary/aromatic N) is 1. The fourth-order valence-corrected chi connectivity index (χ4v) is 4.90. The number of allylic oxidation sites excluding steroid dienone is 1. The zero-order valence-electron chi connectivity index (χ0n) is 18.6. The van der Waals surface area contributed by atoms with Gasteiger partial charge in [0.15, 0.2) is 0 Å². The van der Waals surface area contributed by atoms with Crippen molar-refractivity contribution < 1.29 is 23.1 Å². The SMILES string of the molecule is C=C(C)CCC(c1cccc(Cl)c1)N1CCC(CC(=O)O)CC1c1ccc(C(F)(F)F)cc1. The molecule has 0 bridgehead atoms. The number of likely N-dealkylation sites (tertiary alicyclic amines) is 1. The van der Waals surface area contributed by atoms with Crippen molar-refractivity contribution in [1.29, 1.82) is 0 Å². The van der Waals surface area contributed by atoms with Crippen LogP contribution in [0.1, 0.15) is 67.8 Å². The van der Waals surface area contributed by atoms with E-state index < -0.39 is 17.7 Å². The third-order valence-electron chi connectivity index (χ3n) is 6.32. The molecule has 2 aromatic rings. The number of rotatable bonds is 8. The van der Waals surface area contributed by atoms with E-state index in [1.54, 1.807) is 0 Å². The van der Waals surface area contributed by atoms with Gasteiger partial charge < -0.3 is 5.11 Å². The Hall–Kier alpha value is -2.31. The van der Waals surface area contributed by atoms with Gasteiger partial charge in [-0.1, -0.05) is 41.4 Å². The predicted molar refractivity (Wildman–Crippen MR) is 124 cm³/mol. The summed E-state index contributed by atoms with van der Waals surface area (Å²) in [4.78, 5) is 13.7. The summed E-state index contributed by atoms with van der Waals surface area (Å²) in [6.07, 6.45) is -1.47. The van der Waals surface area contributed by atoms with Crippen molar-refractivity contribution >= 4 is 17.6 Å². The van der Waals surface area contributed by atoms with Crippen LogP contribution in [0, 0.1) is 5.92 Å². The highest BCUT2D eigenvalue weighted by molar-refractivity contribution is 6.30. The van der Waals surface area contributed by atoms with Crippen molar-refractivity contribution in [2.24, 2.45) is 5.92 Å². The number of piperidine rings is 1. The van der Waals surface area contributed by atoms with Gasteiger partial charge in [-0.15, -0.1) is 6.58 Å². The van der Waals surface area contributed by atoms with Gasteiger partial charge in [0.25, 0.3) is 0 Å². The molecule has 3 nitrogen and oxygen atoms in total. The molecular formula is C26H29ClF3NO2. The first-order chi connectivity index (χ1) is 15.5. The summed E-state index contributed by atoms with van der Waals surface area (Å²) in [5, 5.41) is 9.94. The van der Waals surface area contributed by atoms with Crippen LogP contribution >= 0.6 is 11.6 Å². The van der Waals surface area contributed by atoms with E-state index in [2.05, 4.69) is 11.5 Å². The minimum Gasteiger partial charge on any atom is -0.481 e. The van der Waals surface area contributed by atoms with Crippen LogP contribution in [0.3, 0.4) is 0 Å². The number of benzene rings is 2. The van der Waals surface area contributed by atoms with Gasteiger partial charge >= 0.3 is 12.1 Å². The standard InChI is InChI=1S/C26H29ClF3NO2/c1-17(2)6-11-23(20-4-3-5-22(27)16-20)31-13-12-18(15-25(32)33)14-24(31)19-7-9-21(10-8-19)26(28,29)30/h3-5,7-10,16,18,23-24H,1,6,11-15H2,2H3,(H,32,33). The molecule has 1 heterocycles. The second kappa shape index (κ2) is 10.7. The number of carboxylic acids is 1. The number of aliphatic carboxylic acids is 1. The van der Waals surface area contributed by atoms with Crippen molar-refractivity contribution in [3.63, 3.8) is 0 Å². The summed E-state index contributed by atoms with van der Waals surface area (Å²) in [5.41, 5.74) is 2.16. The molecule has 33 heavy (non-hydrogen) atoms. The molecule has 0 aliphatic carbocycles. The molecule has 1 fully saturated rings. The molecule has 0 saturated carbocycles. The summed E-state index contributed by atoms with van der Waals surface area (Å²) in [6.45, 7) is 6.65. The summed E-state index contributed by atoms with van der Waals surface area (Å²) in [6, 6.07) is 12.7. The molecule has 3 rings (SSSR count). The lowest BCUT2D eigenvalue weighted by atomic mass is 9.82. The quantitative estimate of drug-likeness (QED) is 0.394. The van der Waals surface area contributed by atoms with Crippen LogP contribution in [-0.4, -0.2) is 22.5 Å². The molecule has 178 valence electrons. The van der Waals surface area contributed by atoms with E-state index in [0.717, 1.165) is 41.7 Å². The number of hydrogen-bond donors (Lipinski definition) is 1. The van der Waals surface area contributed by atoms with Crippen molar-refractivity contribution in [1.82, 2.24) is 4.90 Å². The van der Waals surface area contributed by atoms with Gasteiger partial charge in [-0.3, -0.25) is 9.69 Å². The molecule has 0 amide bonds. The molecule has 1 aliphatic heterocycles. The van der Waals surface area contributed by atoms with Gasteiger partial charge in [0.1, 0.15) is 0 Å². The molecule has 1 aliphatic rings. The highest BCUT2D eigenvalue weighted by Crippen LogP contribution is 2.43. The van der Waals surface area contributed by atoms with E-state index >= 15 is 0 Å². The lowest BCUT2D eigenvalue weighted by Crippen LogP contribution is -2.40. The average molecular weight is 480 g/mol. The zero-order valence-corrected chi connectivity index (χ0v) is 19.4. The van der Waals surface area contributed by atoms with E-state index in [9.17, 15) is 23.1 Å². The van der Waals surface area contributed by atoms with Crippen LogP contribution in [0.4, 0.5) is 13.2 Å². The first-order valence-corrected chi connectivity index (χ1v) is 11.5. The monoisotopic (exact) mass is 479 g/mol. The molecule has 3 unspecified atom stereocenters. The fourth-order valence-electron chi connectivity index (χ4n) is 4.70. The molecule has 2 aromatic carbocycles. The van der Waals surface area contributed by atoms with Gasteiger partial charge in [-0.2, -0.15) is 13.2 Å². The van der Waals surface area contributed by atoms with Gasteiger partial charge in [0, 0.05) is 23.5 Å². The second-order valence-corrected chi connectivity index (χ2v) is 9.36. The number of alkyl halides is 3. The minimum absolute atomic E-state index is 0.0153. The van der Waals surface area contributed by atoms with Crippen LogP contribution in [0.15, 0.2) is 60.7 Å². The van der Waals surface area contributed by atoms with Gasteiger partial charge in [0.2, 0.25) is 0 Å². The van der Waals surface area contributed by atoms with Crippen molar-refractivity contribution in [2.75, 3.05) is 6.54 Å². The van der Waals surface area contributed by atoms with E-state index in [0.29, 0.717) is 24.4 Å². The lowest BCUT2D eigenvalue weighted by molar-refractivity contribution is -0.139. The maximum atomic E-state index is 13.1. The normalized spacial score (nSPS) is 20.4. The van der Waals surface area contributed by atoms with Gasteiger partial charge in [-0.05, 0) is 80.5 Å². The number of halogens is 4. The Morgan fingerprint density at radius 2 is 1.94 bits per heavy atom. The fraction of sp³-hybridized carbons (Fsp3) is 0.423. The van der Waals surface area contributed by atoms with Gasteiger partial charge in [-0.25, -0.2) is 0 Å². The zero-order chi connectivity index (χ0) is 24.2. The van der Waals surface area contributed by atoms with Crippen LogP contribution in [0.25, 0.3) is 0 Å². The maximum absolute atomic E-state index is 13.1. The summed E-state index contributed by atoms with van der Waals surface area (Å²) in [5.74, 6) is -0.888. The smallest absolute Gasteiger partial charge is 0.416 e. The third kappa shape index (κ3) is 6.84. The average Bonchev–Trinajstić information content (AvgIpc) is 2.73. The van der Waals surface area contributed by atoms with Gasteiger partial charge in [0.05, 0.1) is 5.56 Å². The Morgan fingerprint density at radius 1 is 1.24 bits per heavy atom. The second-order valence-electron chi connectivity index (χ2n) is 8.93. The Bertz CT molecular complexity index is 974. The number of carbonyl (C=O) groups is 1. The molecule has 0 aromatic heterocycles. The molecule has 0 radical (unpaired) electrons. The highest BCUT2D eigenvalue weighted by Gasteiger charge is 2.36. The van der Waals surface area contributed by atoms with E-state index in [4.69, 9.17) is 11.6 Å². The lowest BCUT2D eigenvalue weighted by Gasteiger charge is -2.44. The van der Waals surface area contributed by atoms with Crippen molar-refractivity contribution in [2.45, 2.75) is 57.3 Å². The number of carboxylic acid groups (broad SMARTS) is 1. The van der Waals surface area contributed by atoms with Crippen LogP contribution in [-0.2, 0) is 11.0 Å².